The summed E-state index contributed by atoms with van der Waals surface area (Å²) in [5.41, 5.74) is 5.26. The maximum Gasteiger partial charge on any atom is 0.433 e. The van der Waals surface area contributed by atoms with Crippen molar-refractivity contribution in [2.24, 2.45) is 11.7 Å². The lowest BCUT2D eigenvalue weighted by atomic mass is 9.82. The third-order valence-electron chi connectivity index (χ3n) is 6.76. The van der Waals surface area contributed by atoms with Gasteiger partial charge in [-0.3, -0.25) is 4.79 Å². The van der Waals surface area contributed by atoms with Crippen molar-refractivity contribution in [1.29, 1.82) is 0 Å². The molecule has 2 aliphatic rings. The Hall–Kier alpha value is -3.87. The highest BCUT2D eigenvalue weighted by molar-refractivity contribution is 5.98. The van der Waals surface area contributed by atoms with Crippen LogP contribution in [-0.4, -0.2) is 47.8 Å². The number of alkyl halides is 3. The Bertz CT molecular complexity index is 1400. The fourth-order valence-electron chi connectivity index (χ4n) is 4.46. The minimum Gasteiger partial charge on any atom is -0.494 e. The predicted molar refractivity (Wildman–Crippen MR) is 133 cm³/mol. The number of nitrogens with two attached hydrogens (primary N) is 1. The van der Waals surface area contributed by atoms with Crippen LogP contribution in [0.3, 0.4) is 0 Å². The first kappa shape index (κ1) is 26.7. The van der Waals surface area contributed by atoms with Crippen molar-refractivity contribution in [2.75, 3.05) is 13.7 Å². The molecule has 1 aromatic carbocycles. The van der Waals surface area contributed by atoms with Gasteiger partial charge in [0.25, 0.3) is 5.91 Å². The summed E-state index contributed by atoms with van der Waals surface area (Å²) in [7, 11) is 1.33. The quantitative estimate of drug-likeness (QED) is 0.378. The van der Waals surface area contributed by atoms with E-state index in [2.05, 4.69) is 20.6 Å². The Kier molecular flexibility index (Phi) is 7.10. The van der Waals surface area contributed by atoms with Crippen molar-refractivity contribution in [3.63, 3.8) is 0 Å². The molecule has 2 aliphatic carbocycles. The summed E-state index contributed by atoms with van der Waals surface area (Å²) < 4.78 is 56.3. The van der Waals surface area contributed by atoms with E-state index in [1.54, 1.807) is 13.0 Å². The molecular weight excluding hydrogens is 519 g/mol. The fraction of sp³-hybridized carbons (Fsp3) is 0.462. The fourth-order valence-corrected chi connectivity index (χ4v) is 4.46. The first-order valence-electron chi connectivity index (χ1n) is 12.6. The van der Waals surface area contributed by atoms with E-state index in [1.807, 2.05) is 0 Å². The Morgan fingerprint density at radius 1 is 1.18 bits per heavy atom. The number of rotatable bonds is 8. The standard InChI is InChI=1S/C26H28F3N5O5/c1-12(30)22-21(23(35)31-11-13-9-15(10-13)38-25(36)32-14-3-4-14)34-24(39-22)17-5-7-18(37-2)20-16(17)6-8-19(33-20)26(27,28)29/h5-8,12-15H,3-4,9-11,30H2,1-2H3,(H,31,35)(H,32,36)/t12-,13-,15+/m0/s1. The summed E-state index contributed by atoms with van der Waals surface area (Å²) in [5.74, 6) is -0.0661. The summed E-state index contributed by atoms with van der Waals surface area (Å²) in [6.45, 7) is 1.98. The van der Waals surface area contributed by atoms with Gasteiger partial charge < -0.3 is 30.3 Å². The number of carbonyl (C=O) groups excluding carboxylic acids is 2. The molecule has 1 atom stereocenters. The molecule has 4 N–H and O–H groups in total. The Morgan fingerprint density at radius 3 is 2.56 bits per heavy atom. The highest BCUT2D eigenvalue weighted by Gasteiger charge is 2.35. The van der Waals surface area contributed by atoms with Crippen LogP contribution in [-0.2, 0) is 10.9 Å². The van der Waals surface area contributed by atoms with Crippen LogP contribution < -0.4 is 21.1 Å². The first-order chi connectivity index (χ1) is 18.5. The van der Waals surface area contributed by atoms with Crippen molar-refractivity contribution >= 4 is 22.9 Å². The van der Waals surface area contributed by atoms with E-state index >= 15 is 0 Å². The molecule has 39 heavy (non-hydrogen) atoms. The number of hydrogen-bond donors (Lipinski definition) is 3. The van der Waals surface area contributed by atoms with Gasteiger partial charge >= 0.3 is 12.3 Å². The number of nitrogens with zero attached hydrogens (tertiary/aromatic N) is 2. The number of aromatic nitrogens is 2. The number of alkyl carbamates (subject to hydrolysis) is 1. The van der Waals surface area contributed by atoms with E-state index < -0.39 is 29.9 Å². The van der Waals surface area contributed by atoms with Crippen LogP contribution in [0.1, 0.15) is 60.6 Å². The van der Waals surface area contributed by atoms with Crippen molar-refractivity contribution in [3.05, 3.63) is 41.4 Å². The Balaban J connectivity index is 1.31. The van der Waals surface area contributed by atoms with Crippen molar-refractivity contribution < 1.29 is 36.7 Å². The van der Waals surface area contributed by atoms with Gasteiger partial charge in [0.15, 0.2) is 11.5 Å². The van der Waals surface area contributed by atoms with Gasteiger partial charge in [-0.15, -0.1) is 0 Å². The predicted octanol–water partition coefficient (Wildman–Crippen LogP) is 4.33. The first-order valence-corrected chi connectivity index (χ1v) is 12.6. The van der Waals surface area contributed by atoms with Gasteiger partial charge in [-0.05, 0) is 62.8 Å². The zero-order valence-electron chi connectivity index (χ0n) is 21.3. The third kappa shape index (κ3) is 5.77. The second kappa shape index (κ2) is 10.4. The molecule has 0 aliphatic heterocycles. The Morgan fingerprint density at radius 2 is 1.92 bits per heavy atom. The molecule has 2 saturated carbocycles. The van der Waals surface area contributed by atoms with Crippen LogP contribution >= 0.6 is 0 Å². The number of amides is 2. The lowest BCUT2D eigenvalue weighted by Gasteiger charge is -2.34. The average Bonchev–Trinajstić information content (AvgIpc) is 3.56. The smallest absolute Gasteiger partial charge is 0.433 e. The summed E-state index contributed by atoms with van der Waals surface area (Å²) in [6.07, 6.45) is -2.00. The normalized spacial score (nSPS) is 19.7. The number of ether oxygens (including phenoxy) is 2. The number of carbonyl (C=O) groups is 2. The lowest BCUT2D eigenvalue weighted by molar-refractivity contribution is -0.140. The van der Waals surface area contributed by atoms with Gasteiger partial charge in [-0.25, -0.2) is 14.8 Å². The molecule has 2 fully saturated rings. The number of benzene rings is 1. The number of oxazole rings is 1. The van der Waals surface area contributed by atoms with Crippen LogP contribution in [0.15, 0.2) is 28.7 Å². The third-order valence-corrected chi connectivity index (χ3v) is 6.76. The van der Waals surface area contributed by atoms with E-state index in [0.717, 1.165) is 18.9 Å². The zero-order chi connectivity index (χ0) is 27.9. The second-order valence-electron chi connectivity index (χ2n) is 9.92. The molecule has 2 aromatic heterocycles. The minimum atomic E-state index is -4.64. The molecule has 0 unspecified atom stereocenters. The number of halogens is 3. The number of methoxy groups -OCH3 is 1. The highest BCUT2D eigenvalue weighted by atomic mass is 19.4. The van der Waals surface area contributed by atoms with E-state index in [0.29, 0.717) is 30.3 Å². The van der Waals surface area contributed by atoms with Gasteiger partial charge in [0.05, 0.1) is 13.2 Å². The van der Waals surface area contributed by atoms with E-state index in [4.69, 9.17) is 19.6 Å². The maximum atomic E-state index is 13.3. The van der Waals surface area contributed by atoms with Crippen LogP contribution in [0.4, 0.5) is 18.0 Å². The zero-order valence-corrected chi connectivity index (χ0v) is 21.3. The highest BCUT2D eigenvalue weighted by Crippen LogP contribution is 2.37. The van der Waals surface area contributed by atoms with Gasteiger partial charge in [-0.1, -0.05) is 0 Å². The van der Waals surface area contributed by atoms with Crippen molar-refractivity contribution in [2.45, 2.75) is 57.0 Å². The molecular formula is C26H28F3N5O5. The lowest BCUT2D eigenvalue weighted by Crippen LogP contribution is -2.42. The van der Waals surface area contributed by atoms with Crippen LogP contribution in [0.5, 0.6) is 5.75 Å². The molecule has 0 spiro atoms. The molecule has 13 heteroatoms. The summed E-state index contributed by atoms with van der Waals surface area (Å²) >= 11 is 0. The molecule has 0 bridgehead atoms. The molecule has 0 radical (unpaired) electrons. The largest absolute Gasteiger partial charge is 0.494 e. The minimum absolute atomic E-state index is 0.0141. The number of fused-ring (bicyclic) bond motifs is 1. The monoisotopic (exact) mass is 547 g/mol. The van der Waals surface area contributed by atoms with Gasteiger partial charge in [0.2, 0.25) is 5.89 Å². The summed E-state index contributed by atoms with van der Waals surface area (Å²) in [5, 5.41) is 5.91. The van der Waals surface area contributed by atoms with Crippen LogP contribution in [0, 0.1) is 5.92 Å². The number of hydrogen-bond acceptors (Lipinski definition) is 8. The molecule has 2 heterocycles. The number of nitrogens with one attached hydrogen (secondary N) is 2. The van der Waals surface area contributed by atoms with Gasteiger partial charge in [0, 0.05) is 23.5 Å². The SMILES string of the molecule is COc1ccc(-c2nc(C(=O)NC[C@H]3C[C@@H](OC(=O)NC4CC4)C3)c([C@H](C)N)o2)c2ccc(C(F)(F)F)nc12. The van der Waals surface area contributed by atoms with E-state index in [9.17, 15) is 22.8 Å². The number of pyridine rings is 1. The maximum absolute atomic E-state index is 13.3. The van der Waals surface area contributed by atoms with Gasteiger partial charge in [0.1, 0.15) is 23.1 Å². The van der Waals surface area contributed by atoms with Gasteiger partial charge in [-0.2, -0.15) is 13.2 Å². The van der Waals surface area contributed by atoms with E-state index in [-0.39, 0.29) is 46.7 Å². The molecule has 0 saturated heterocycles. The summed E-state index contributed by atoms with van der Waals surface area (Å²) in [6, 6.07) is 4.70. The van der Waals surface area contributed by atoms with Crippen LogP contribution in [0.2, 0.25) is 0 Å². The second-order valence-corrected chi connectivity index (χ2v) is 9.92. The molecule has 10 nitrogen and oxygen atoms in total. The van der Waals surface area contributed by atoms with E-state index in [1.165, 1.54) is 19.2 Å². The average molecular weight is 548 g/mol. The molecule has 2 amide bonds. The summed E-state index contributed by atoms with van der Waals surface area (Å²) in [4.78, 5) is 32.9. The van der Waals surface area contributed by atoms with Crippen molar-refractivity contribution in [1.82, 2.24) is 20.6 Å². The molecule has 5 rings (SSSR count). The Labute approximate surface area is 221 Å². The van der Waals surface area contributed by atoms with Crippen molar-refractivity contribution in [3.8, 4) is 17.2 Å². The topological polar surface area (TPSA) is 142 Å². The molecule has 208 valence electrons. The van der Waals surface area contributed by atoms with Crippen LogP contribution in [0.25, 0.3) is 22.4 Å². The molecule has 3 aromatic rings.